The van der Waals surface area contributed by atoms with Gasteiger partial charge in [0.1, 0.15) is 5.75 Å². The number of rotatable bonds is 6. The van der Waals surface area contributed by atoms with Gasteiger partial charge in [0.25, 0.3) is 0 Å². The molecule has 0 atom stereocenters. The van der Waals surface area contributed by atoms with E-state index in [1.165, 1.54) is 0 Å². The molecule has 0 radical (unpaired) electrons. The van der Waals surface area contributed by atoms with Crippen molar-refractivity contribution in [3.8, 4) is 0 Å². The van der Waals surface area contributed by atoms with E-state index in [0.29, 0.717) is 6.54 Å². The average Bonchev–Trinajstić information content (AvgIpc) is 2.94. The maximum atomic E-state index is 12.0. The third-order valence-electron chi connectivity index (χ3n) is 4.10. The predicted molar refractivity (Wildman–Crippen MR) is 85.6 cm³/mol. The number of amides is 1. The summed E-state index contributed by atoms with van der Waals surface area (Å²) in [5.41, 5.74) is 0. The molecular weight excluding hydrogens is 314 g/mol. The second kappa shape index (κ2) is 8.92. The molecule has 2 fully saturated rings. The molecule has 0 unspecified atom stereocenters. The number of carbonyl (C=O) groups excluding carboxylic acids is 1. The lowest BCUT2D eigenvalue weighted by Crippen LogP contribution is -2.46. The summed E-state index contributed by atoms with van der Waals surface area (Å²) in [6.07, 6.45) is 3.37. The van der Waals surface area contributed by atoms with Gasteiger partial charge in [-0.05, 0) is 12.8 Å². The third-order valence-corrected chi connectivity index (χ3v) is 6.25. The fourth-order valence-corrected chi connectivity index (χ4v) is 4.64. The topological polar surface area (TPSA) is 78.5 Å². The number of piperazine rings is 1. The smallest absolute Gasteiger partial charge is 0.235 e. The van der Waals surface area contributed by atoms with Gasteiger partial charge in [-0.3, -0.25) is 9.69 Å². The first-order valence-electron chi connectivity index (χ1n) is 7.49. The Morgan fingerprint density at radius 3 is 2.43 bits per heavy atom. The van der Waals surface area contributed by atoms with Gasteiger partial charge in [-0.2, -0.15) is 0 Å². The fraction of sp³-hybridized carbons (Fsp3) is 0.923. The van der Waals surface area contributed by atoms with E-state index in [9.17, 15) is 13.2 Å². The van der Waals surface area contributed by atoms with E-state index in [-0.39, 0.29) is 29.3 Å². The minimum atomic E-state index is -3.25. The Kier molecular flexibility index (Phi) is 7.94. The van der Waals surface area contributed by atoms with Gasteiger partial charge in [0.2, 0.25) is 5.91 Å². The molecule has 0 aromatic rings. The summed E-state index contributed by atoms with van der Waals surface area (Å²) >= 11 is 0. The van der Waals surface area contributed by atoms with Crippen molar-refractivity contribution >= 4 is 28.2 Å². The first-order chi connectivity index (χ1) is 9.58. The highest BCUT2D eigenvalue weighted by Crippen LogP contribution is 2.24. The Hall–Kier alpha value is -0.370. The van der Waals surface area contributed by atoms with Crippen LogP contribution in [0.1, 0.15) is 25.7 Å². The molecule has 0 bridgehead atoms. The van der Waals surface area contributed by atoms with Gasteiger partial charge < -0.3 is 10.6 Å². The SMILES string of the molecule is Cl.O=C(CS(=O)(=O)C1CCCC1)NCCN1CCNCC1. The lowest BCUT2D eigenvalue weighted by molar-refractivity contribution is -0.118. The molecule has 2 rings (SSSR count). The number of hydrogen-bond donors (Lipinski definition) is 2. The zero-order valence-corrected chi connectivity index (χ0v) is 14.0. The minimum absolute atomic E-state index is 0. The van der Waals surface area contributed by atoms with Crippen LogP contribution in [0.3, 0.4) is 0 Å². The number of halogens is 1. The molecule has 2 aliphatic rings. The summed E-state index contributed by atoms with van der Waals surface area (Å²) in [6.45, 7) is 5.23. The minimum Gasteiger partial charge on any atom is -0.354 e. The second-order valence-corrected chi connectivity index (χ2v) is 7.94. The highest BCUT2D eigenvalue weighted by Gasteiger charge is 2.30. The lowest BCUT2D eigenvalue weighted by atomic mass is 10.3. The first kappa shape index (κ1) is 18.7. The molecule has 0 spiro atoms. The monoisotopic (exact) mass is 339 g/mol. The Morgan fingerprint density at radius 2 is 1.81 bits per heavy atom. The van der Waals surface area contributed by atoms with Crippen molar-refractivity contribution in [1.29, 1.82) is 0 Å². The van der Waals surface area contributed by atoms with Crippen LogP contribution in [-0.4, -0.2) is 69.5 Å². The Balaban J connectivity index is 0.00000220. The van der Waals surface area contributed by atoms with E-state index in [4.69, 9.17) is 0 Å². The number of sulfone groups is 1. The molecule has 1 aliphatic carbocycles. The summed E-state index contributed by atoms with van der Waals surface area (Å²) in [5, 5.41) is 5.71. The summed E-state index contributed by atoms with van der Waals surface area (Å²) in [5.74, 6) is -0.703. The molecule has 1 aliphatic heterocycles. The highest BCUT2D eigenvalue weighted by molar-refractivity contribution is 7.92. The summed E-state index contributed by atoms with van der Waals surface area (Å²) < 4.78 is 24.1. The average molecular weight is 340 g/mol. The molecule has 124 valence electrons. The van der Waals surface area contributed by atoms with Crippen molar-refractivity contribution in [2.75, 3.05) is 45.0 Å². The zero-order chi connectivity index (χ0) is 14.4. The van der Waals surface area contributed by atoms with Crippen LogP contribution in [0, 0.1) is 0 Å². The van der Waals surface area contributed by atoms with Crippen molar-refractivity contribution < 1.29 is 13.2 Å². The third kappa shape index (κ3) is 6.10. The van der Waals surface area contributed by atoms with E-state index in [1.807, 2.05) is 0 Å². The Labute approximate surface area is 133 Å². The van der Waals surface area contributed by atoms with Crippen LogP contribution >= 0.6 is 12.4 Å². The number of hydrogen-bond acceptors (Lipinski definition) is 5. The van der Waals surface area contributed by atoms with Crippen LogP contribution in [-0.2, 0) is 14.6 Å². The quantitative estimate of drug-likeness (QED) is 0.700. The van der Waals surface area contributed by atoms with Crippen molar-refractivity contribution in [2.45, 2.75) is 30.9 Å². The molecule has 1 saturated carbocycles. The lowest BCUT2D eigenvalue weighted by Gasteiger charge is -2.27. The van der Waals surface area contributed by atoms with Gasteiger partial charge in [0.15, 0.2) is 9.84 Å². The van der Waals surface area contributed by atoms with Crippen LogP contribution in [0.5, 0.6) is 0 Å². The molecule has 6 nitrogen and oxygen atoms in total. The molecule has 2 N–H and O–H groups in total. The van der Waals surface area contributed by atoms with Crippen LogP contribution in [0.25, 0.3) is 0 Å². The molecule has 1 heterocycles. The maximum Gasteiger partial charge on any atom is 0.235 e. The standard InChI is InChI=1S/C13H25N3O3S.ClH/c17-13(11-20(18,19)12-3-1-2-4-12)15-7-10-16-8-5-14-6-9-16;/h12,14H,1-11H2,(H,15,17);1H. The maximum absolute atomic E-state index is 12.0. The number of carbonyl (C=O) groups is 1. The largest absolute Gasteiger partial charge is 0.354 e. The first-order valence-corrected chi connectivity index (χ1v) is 9.21. The summed E-state index contributed by atoms with van der Waals surface area (Å²) in [6, 6.07) is 0. The van der Waals surface area contributed by atoms with Gasteiger partial charge in [-0.1, -0.05) is 12.8 Å². The van der Waals surface area contributed by atoms with Crippen LogP contribution in [0.2, 0.25) is 0 Å². The van der Waals surface area contributed by atoms with Gasteiger partial charge in [-0.15, -0.1) is 12.4 Å². The predicted octanol–water partition coefficient (Wildman–Crippen LogP) is -0.213. The molecule has 0 aromatic carbocycles. The Morgan fingerprint density at radius 1 is 1.19 bits per heavy atom. The van der Waals surface area contributed by atoms with E-state index in [2.05, 4.69) is 15.5 Å². The number of nitrogens with zero attached hydrogens (tertiary/aromatic N) is 1. The van der Waals surface area contributed by atoms with Crippen molar-refractivity contribution in [3.63, 3.8) is 0 Å². The molecule has 0 aromatic heterocycles. The normalized spacial score (nSPS) is 21.0. The van der Waals surface area contributed by atoms with Gasteiger partial charge >= 0.3 is 0 Å². The van der Waals surface area contributed by atoms with Crippen LogP contribution in [0.4, 0.5) is 0 Å². The summed E-state index contributed by atoms with van der Waals surface area (Å²) in [4.78, 5) is 14.0. The highest BCUT2D eigenvalue weighted by atomic mass is 35.5. The van der Waals surface area contributed by atoms with Crippen LogP contribution in [0.15, 0.2) is 0 Å². The van der Waals surface area contributed by atoms with Gasteiger partial charge in [-0.25, -0.2) is 8.42 Å². The molecular formula is C13H26ClN3O3S. The van der Waals surface area contributed by atoms with Crippen molar-refractivity contribution in [2.24, 2.45) is 0 Å². The van der Waals surface area contributed by atoms with E-state index in [0.717, 1.165) is 58.4 Å². The molecule has 1 amide bonds. The van der Waals surface area contributed by atoms with Gasteiger partial charge in [0, 0.05) is 39.3 Å². The molecule has 21 heavy (non-hydrogen) atoms. The van der Waals surface area contributed by atoms with E-state index in [1.54, 1.807) is 0 Å². The second-order valence-electron chi connectivity index (χ2n) is 5.66. The molecule has 8 heteroatoms. The number of nitrogens with one attached hydrogen (secondary N) is 2. The molecule has 1 saturated heterocycles. The van der Waals surface area contributed by atoms with E-state index >= 15 is 0 Å². The fourth-order valence-electron chi connectivity index (χ4n) is 2.89. The zero-order valence-electron chi connectivity index (χ0n) is 12.3. The van der Waals surface area contributed by atoms with Crippen molar-refractivity contribution in [1.82, 2.24) is 15.5 Å². The van der Waals surface area contributed by atoms with Crippen molar-refractivity contribution in [3.05, 3.63) is 0 Å². The Bertz CT molecular complexity index is 418. The van der Waals surface area contributed by atoms with E-state index < -0.39 is 9.84 Å². The summed E-state index contributed by atoms with van der Waals surface area (Å²) in [7, 11) is -3.25. The van der Waals surface area contributed by atoms with Gasteiger partial charge in [0.05, 0.1) is 5.25 Å². The van der Waals surface area contributed by atoms with Crippen LogP contribution < -0.4 is 10.6 Å².